The van der Waals surface area contributed by atoms with Crippen LogP contribution in [0.15, 0.2) is 67.4 Å². The van der Waals surface area contributed by atoms with Gasteiger partial charge in [-0.05, 0) is 66.5 Å². The maximum atomic E-state index is 14.1. The highest BCUT2D eigenvalue weighted by Crippen LogP contribution is 2.25. The molecule has 1 saturated heterocycles. The predicted octanol–water partition coefficient (Wildman–Crippen LogP) is 2.66. The molecule has 0 bridgehead atoms. The van der Waals surface area contributed by atoms with Crippen molar-refractivity contribution in [1.29, 1.82) is 0 Å². The molecule has 0 amide bonds. The minimum Gasteiger partial charge on any atom is -0.393 e. The fourth-order valence-corrected chi connectivity index (χ4v) is 4.03. The van der Waals surface area contributed by atoms with Crippen molar-refractivity contribution in [1.82, 2.24) is 19.7 Å². The van der Waals surface area contributed by atoms with Crippen molar-refractivity contribution in [2.75, 3.05) is 42.4 Å². The number of hydrogen-bond acceptors (Lipinski definition) is 7. The largest absolute Gasteiger partial charge is 0.393 e. The quantitative estimate of drug-likeness (QED) is 0.415. The number of aliphatic hydroxyl groups excluding tert-OH is 1. The van der Waals surface area contributed by atoms with Crippen LogP contribution in [-0.2, 0) is 0 Å². The van der Waals surface area contributed by atoms with Crippen molar-refractivity contribution >= 4 is 17.3 Å². The Bertz CT molecular complexity index is 1300. The molecular formula is C25H28FN8O+. The second kappa shape index (κ2) is 9.67. The first-order valence-corrected chi connectivity index (χ1v) is 11.5. The molecule has 0 aliphatic carbocycles. The van der Waals surface area contributed by atoms with Gasteiger partial charge in [0.2, 0.25) is 12.3 Å². The number of nitrogens with zero attached hydrogens (tertiary/aromatic N) is 7. The van der Waals surface area contributed by atoms with Crippen LogP contribution in [0.4, 0.5) is 21.7 Å². The Hall–Kier alpha value is -4.05. The van der Waals surface area contributed by atoms with Gasteiger partial charge in [-0.2, -0.15) is 0 Å². The number of aliphatic hydroxyl groups is 1. The second-order valence-electron chi connectivity index (χ2n) is 8.79. The van der Waals surface area contributed by atoms with Crippen LogP contribution >= 0.6 is 0 Å². The minimum absolute atomic E-state index is 0.212. The molecule has 2 aromatic heterocycles. The van der Waals surface area contributed by atoms with E-state index in [0.29, 0.717) is 17.2 Å². The van der Waals surface area contributed by atoms with Crippen LogP contribution in [-0.4, -0.2) is 58.1 Å². The number of halogens is 1. The zero-order chi connectivity index (χ0) is 24.4. The molecule has 5 rings (SSSR count). The summed E-state index contributed by atoms with van der Waals surface area (Å²) >= 11 is 0. The highest BCUT2D eigenvalue weighted by Gasteiger charge is 2.21. The SMILES string of the molecule is CN(C)c1cc(F)cc(-c2ccnc(Nc3ccc(-[n+]4cn(N5CCC(O)CC5)cn4)cc3)n2)c1. The van der Waals surface area contributed by atoms with Crippen molar-refractivity contribution in [3.63, 3.8) is 0 Å². The van der Waals surface area contributed by atoms with Gasteiger partial charge in [0.25, 0.3) is 6.33 Å². The van der Waals surface area contributed by atoms with Crippen LogP contribution in [0.1, 0.15) is 12.8 Å². The molecule has 2 aromatic carbocycles. The highest BCUT2D eigenvalue weighted by molar-refractivity contribution is 5.67. The zero-order valence-corrected chi connectivity index (χ0v) is 19.7. The third-order valence-corrected chi connectivity index (χ3v) is 6.03. The average Bonchev–Trinajstić information content (AvgIpc) is 3.35. The predicted molar refractivity (Wildman–Crippen MR) is 132 cm³/mol. The molecule has 9 nitrogen and oxygen atoms in total. The summed E-state index contributed by atoms with van der Waals surface area (Å²) in [7, 11) is 3.74. The molecule has 0 saturated carbocycles. The molecule has 0 radical (unpaired) electrons. The Morgan fingerprint density at radius 2 is 1.86 bits per heavy atom. The van der Waals surface area contributed by atoms with E-state index in [-0.39, 0.29) is 11.9 Å². The van der Waals surface area contributed by atoms with Gasteiger partial charge in [0.15, 0.2) is 5.69 Å². The summed E-state index contributed by atoms with van der Waals surface area (Å²) in [5, 5.41) is 19.6. The van der Waals surface area contributed by atoms with Crippen LogP contribution in [0.3, 0.4) is 0 Å². The lowest BCUT2D eigenvalue weighted by atomic mass is 10.1. The van der Waals surface area contributed by atoms with E-state index in [0.717, 1.165) is 43.0 Å². The molecule has 1 aliphatic rings. The lowest BCUT2D eigenvalue weighted by Gasteiger charge is -2.26. The van der Waals surface area contributed by atoms with E-state index in [1.807, 2.05) is 60.3 Å². The minimum atomic E-state index is -0.312. The molecule has 1 fully saturated rings. The number of anilines is 3. The van der Waals surface area contributed by atoms with E-state index in [9.17, 15) is 9.50 Å². The molecule has 0 unspecified atom stereocenters. The average molecular weight is 476 g/mol. The Kier molecular flexibility index (Phi) is 6.28. The first kappa shape index (κ1) is 22.7. The van der Waals surface area contributed by atoms with Gasteiger partial charge in [0.05, 0.1) is 24.9 Å². The maximum Gasteiger partial charge on any atom is 0.295 e. The first-order valence-electron chi connectivity index (χ1n) is 11.5. The van der Waals surface area contributed by atoms with Crippen molar-refractivity contribution in [3.8, 4) is 16.9 Å². The third kappa shape index (κ3) is 5.22. The molecule has 1 aliphatic heterocycles. The standard InChI is InChI=1S/C25H28FN8O/c1-31(2)22-14-18(13-19(26)15-22)24-7-10-27-25(30-24)29-20-3-5-21(6-4-20)34-17-33(16-28-34)32-11-8-23(35)9-12-32/h3-7,10,13-17,23,35H,8-9,11-12H2,1-2H3,(H,27,29,30)/q+1. The van der Waals surface area contributed by atoms with Gasteiger partial charge < -0.3 is 15.3 Å². The van der Waals surface area contributed by atoms with Gasteiger partial charge in [-0.3, -0.25) is 0 Å². The Balaban J connectivity index is 1.29. The van der Waals surface area contributed by atoms with Crippen molar-refractivity contribution in [2.45, 2.75) is 18.9 Å². The molecule has 4 aromatic rings. The number of piperidine rings is 1. The molecule has 3 heterocycles. The van der Waals surface area contributed by atoms with Crippen LogP contribution in [0, 0.1) is 5.82 Å². The normalized spacial score (nSPS) is 14.2. The molecule has 35 heavy (non-hydrogen) atoms. The molecule has 2 N–H and O–H groups in total. The van der Waals surface area contributed by atoms with E-state index < -0.39 is 0 Å². The summed E-state index contributed by atoms with van der Waals surface area (Å²) in [6, 6.07) is 14.4. The van der Waals surface area contributed by atoms with E-state index >= 15 is 0 Å². The Morgan fingerprint density at radius 3 is 2.60 bits per heavy atom. The van der Waals surface area contributed by atoms with Crippen LogP contribution in [0.2, 0.25) is 0 Å². The molecule has 0 atom stereocenters. The lowest BCUT2D eigenvalue weighted by molar-refractivity contribution is -0.657. The van der Waals surface area contributed by atoms with Gasteiger partial charge in [-0.15, -0.1) is 4.68 Å². The number of aromatic nitrogens is 5. The van der Waals surface area contributed by atoms with Crippen molar-refractivity contribution in [2.24, 2.45) is 0 Å². The van der Waals surface area contributed by atoms with Crippen LogP contribution in [0.5, 0.6) is 0 Å². The number of benzene rings is 2. The summed E-state index contributed by atoms with van der Waals surface area (Å²) in [4.78, 5) is 10.7. The van der Waals surface area contributed by atoms with Gasteiger partial charge in [0, 0.05) is 37.2 Å². The summed E-state index contributed by atoms with van der Waals surface area (Å²) in [5.41, 5.74) is 3.82. The fraction of sp³-hybridized carbons (Fsp3) is 0.280. The van der Waals surface area contributed by atoms with E-state index in [1.165, 1.54) is 12.1 Å². The highest BCUT2D eigenvalue weighted by atomic mass is 19.1. The molecular weight excluding hydrogens is 447 g/mol. The van der Waals surface area contributed by atoms with Crippen LogP contribution < -0.4 is 19.9 Å². The zero-order valence-electron chi connectivity index (χ0n) is 19.7. The third-order valence-electron chi connectivity index (χ3n) is 6.03. The maximum absolute atomic E-state index is 14.1. The lowest BCUT2D eigenvalue weighted by Crippen LogP contribution is -2.43. The molecule has 10 heteroatoms. The smallest absolute Gasteiger partial charge is 0.295 e. The summed E-state index contributed by atoms with van der Waals surface area (Å²) in [5.74, 6) is 0.114. The van der Waals surface area contributed by atoms with E-state index in [1.54, 1.807) is 23.3 Å². The van der Waals surface area contributed by atoms with Crippen LogP contribution in [0.25, 0.3) is 16.9 Å². The Morgan fingerprint density at radius 1 is 1.09 bits per heavy atom. The molecule has 0 spiro atoms. The van der Waals surface area contributed by atoms with Gasteiger partial charge in [0.1, 0.15) is 5.82 Å². The van der Waals surface area contributed by atoms with Gasteiger partial charge in [-0.1, -0.05) is 4.68 Å². The molecule has 180 valence electrons. The number of rotatable bonds is 6. The van der Waals surface area contributed by atoms with Gasteiger partial charge >= 0.3 is 0 Å². The number of nitrogens with one attached hydrogen (secondary N) is 1. The monoisotopic (exact) mass is 475 g/mol. The first-order chi connectivity index (χ1) is 16.9. The van der Waals surface area contributed by atoms with Gasteiger partial charge in [-0.25, -0.2) is 19.4 Å². The van der Waals surface area contributed by atoms with Crippen molar-refractivity contribution in [3.05, 3.63) is 73.2 Å². The van der Waals surface area contributed by atoms with E-state index in [2.05, 4.69) is 25.4 Å². The topological polar surface area (TPSA) is 86.2 Å². The second-order valence-corrected chi connectivity index (χ2v) is 8.79. The summed E-state index contributed by atoms with van der Waals surface area (Å²) < 4.78 is 17.9. The number of hydrogen-bond donors (Lipinski definition) is 2. The van der Waals surface area contributed by atoms with E-state index in [4.69, 9.17) is 0 Å². The summed E-state index contributed by atoms with van der Waals surface area (Å²) in [6.45, 7) is 1.59. The van der Waals surface area contributed by atoms with Crippen molar-refractivity contribution < 1.29 is 14.2 Å². The Labute approximate surface area is 203 Å². The fourth-order valence-electron chi connectivity index (χ4n) is 4.03. The summed E-state index contributed by atoms with van der Waals surface area (Å²) in [6.07, 6.45) is 6.67.